The minimum absolute atomic E-state index is 0.0846. The van der Waals surface area contributed by atoms with Gasteiger partial charge < -0.3 is 0 Å². The van der Waals surface area contributed by atoms with Crippen molar-refractivity contribution in [3.05, 3.63) is 77.9 Å². The summed E-state index contributed by atoms with van der Waals surface area (Å²) in [6, 6.07) is 20.0. The molecule has 0 heterocycles. The zero-order valence-corrected chi connectivity index (χ0v) is 14.5. The Kier molecular flexibility index (Phi) is 4.83. The van der Waals surface area contributed by atoms with Crippen LogP contribution < -0.4 is 10.3 Å². The largest absolute Gasteiger partial charge is 0.277 e. The molecule has 0 saturated carbocycles. The first-order chi connectivity index (χ1) is 11.9. The molecule has 0 bridgehead atoms. The predicted octanol–water partition coefficient (Wildman–Crippen LogP) is 2.70. The Morgan fingerprint density at radius 2 is 1.60 bits per heavy atom. The molecule has 0 aliphatic heterocycles. The topological polar surface area (TPSA) is 75.3 Å². The summed E-state index contributed by atoms with van der Waals surface area (Å²) in [6.07, 6.45) is 0.0846. The first kappa shape index (κ1) is 17.1. The molecule has 3 rings (SSSR count). The molecule has 0 spiro atoms. The lowest BCUT2D eigenvalue weighted by Crippen LogP contribution is -2.42. The Balaban J connectivity index is 1.64. The second kappa shape index (κ2) is 7.04. The Morgan fingerprint density at radius 3 is 2.32 bits per heavy atom. The molecular formula is C19H18N2O3S. The molecule has 0 aromatic heterocycles. The van der Waals surface area contributed by atoms with Crippen LogP contribution in [0.4, 0.5) is 0 Å². The Bertz CT molecular complexity index is 1010. The van der Waals surface area contributed by atoms with Crippen molar-refractivity contribution >= 4 is 26.7 Å². The van der Waals surface area contributed by atoms with Gasteiger partial charge in [0.1, 0.15) is 0 Å². The monoisotopic (exact) mass is 354 g/mol. The Hall–Kier alpha value is -2.70. The molecule has 0 unspecified atom stereocenters. The van der Waals surface area contributed by atoms with Gasteiger partial charge in [0.05, 0.1) is 11.3 Å². The van der Waals surface area contributed by atoms with Crippen LogP contribution in [0.25, 0.3) is 10.8 Å². The number of hydrogen-bond donors (Lipinski definition) is 2. The quantitative estimate of drug-likeness (QED) is 0.692. The zero-order valence-electron chi connectivity index (χ0n) is 13.7. The van der Waals surface area contributed by atoms with Crippen LogP contribution in [0, 0.1) is 6.92 Å². The molecule has 2 N–H and O–H groups in total. The van der Waals surface area contributed by atoms with E-state index in [-0.39, 0.29) is 11.3 Å². The van der Waals surface area contributed by atoms with Crippen molar-refractivity contribution in [2.75, 3.05) is 0 Å². The highest BCUT2D eigenvalue weighted by molar-refractivity contribution is 7.89. The van der Waals surface area contributed by atoms with Gasteiger partial charge in [0.15, 0.2) is 0 Å². The van der Waals surface area contributed by atoms with E-state index >= 15 is 0 Å². The summed E-state index contributed by atoms with van der Waals surface area (Å²) in [6.45, 7) is 1.87. The van der Waals surface area contributed by atoms with Crippen LogP contribution in [-0.2, 0) is 21.2 Å². The molecule has 3 aromatic carbocycles. The molecule has 128 valence electrons. The van der Waals surface area contributed by atoms with Crippen LogP contribution >= 0.6 is 0 Å². The fourth-order valence-electron chi connectivity index (χ4n) is 2.48. The first-order valence-electron chi connectivity index (χ1n) is 7.79. The van der Waals surface area contributed by atoms with Gasteiger partial charge in [0.2, 0.25) is 5.91 Å². The van der Waals surface area contributed by atoms with E-state index in [0.717, 1.165) is 21.9 Å². The van der Waals surface area contributed by atoms with Crippen LogP contribution in [0.2, 0.25) is 0 Å². The van der Waals surface area contributed by atoms with Crippen molar-refractivity contribution in [3.8, 4) is 0 Å². The number of fused-ring (bicyclic) bond motifs is 1. The average molecular weight is 354 g/mol. The summed E-state index contributed by atoms with van der Waals surface area (Å²) in [5.41, 5.74) is 4.02. The summed E-state index contributed by atoms with van der Waals surface area (Å²) in [5, 5.41) is 2.12. The van der Waals surface area contributed by atoms with Gasteiger partial charge in [-0.25, -0.2) is 8.42 Å². The summed E-state index contributed by atoms with van der Waals surface area (Å²) in [5.74, 6) is -0.425. The molecular weight excluding hydrogens is 336 g/mol. The third-order valence-corrected chi connectivity index (χ3v) is 5.10. The number of benzene rings is 3. The van der Waals surface area contributed by atoms with E-state index < -0.39 is 15.9 Å². The predicted molar refractivity (Wildman–Crippen MR) is 97.3 cm³/mol. The highest BCUT2D eigenvalue weighted by atomic mass is 32.2. The molecule has 0 radical (unpaired) electrons. The number of carbonyl (C=O) groups excluding carboxylic acids is 1. The first-order valence-corrected chi connectivity index (χ1v) is 9.27. The van der Waals surface area contributed by atoms with E-state index in [4.69, 9.17) is 0 Å². The van der Waals surface area contributed by atoms with Crippen molar-refractivity contribution < 1.29 is 13.2 Å². The van der Waals surface area contributed by atoms with Crippen LogP contribution in [0.5, 0.6) is 0 Å². The molecule has 0 aliphatic carbocycles. The summed E-state index contributed by atoms with van der Waals surface area (Å²) >= 11 is 0. The molecule has 0 atom stereocenters. The lowest BCUT2D eigenvalue weighted by Gasteiger charge is -2.09. The summed E-state index contributed by atoms with van der Waals surface area (Å²) in [4.78, 5) is 14.3. The fraction of sp³-hybridized carbons (Fsp3) is 0.105. The van der Waals surface area contributed by atoms with Crippen molar-refractivity contribution in [1.82, 2.24) is 10.3 Å². The van der Waals surface area contributed by atoms with Crippen molar-refractivity contribution in [2.45, 2.75) is 18.2 Å². The minimum atomic E-state index is -3.78. The van der Waals surface area contributed by atoms with Crippen molar-refractivity contribution in [1.29, 1.82) is 0 Å². The second-order valence-electron chi connectivity index (χ2n) is 5.83. The second-order valence-corrected chi connectivity index (χ2v) is 7.51. The number of nitrogens with one attached hydrogen (secondary N) is 2. The smallest absolute Gasteiger partial charge is 0.257 e. The standard InChI is InChI=1S/C19H18N2O3S/c1-14-6-10-18(11-7-14)25(23,24)21-20-19(22)13-15-8-9-16-4-2-3-5-17(16)12-15/h2-12,21H,13H2,1H3,(H,20,22). The van der Waals surface area contributed by atoms with Gasteiger partial charge in [-0.3, -0.25) is 10.2 Å². The fourth-order valence-corrected chi connectivity index (χ4v) is 3.34. The van der Waals surface area contributed by atoms with Crippen LogP contribution in [0.1, 0.15) is 11.1 Å². The normalized spacial score (nSPS) is 11.4. The molecule has 0 aliphatic rings. The van der Waals surface area contributed by atoms with Gasteiger partial charge in [-0.05, 0) is 35.4 Å². The van der Waals surface area contributed by atoms with E-state index in [0.29, 0.717) is 0 Å². The average Bonchev–Trinajstić information content (AvgIpc) is 2.60. The maximum atomic E-state index is 12.1. The number of aryl methyl sites for hydroxylation is 1. The summed E-state index contributed by atoms with van der Waals surface area (Å²) < 4.78 is 24.3. The van der Waals surface area contributed by atoms with Gasteiger partial charge in [0, 0.05) is 0 Å². The van der Waals surface area contributed by atoms with E-state index in [1.165, 1.54) is 12.1 Å². The van der Waals surface area contributed by atoms with Crippen molar-refractivity contribution in [3.63, 3.8) is 0 Å². The van der Waals surface area contributed by atoms with Crippen LogP contribution in [0.3, 0.4) is 0 Å². The van der Waals surface area contributed by atoms with Gasteiger partial charge in [-0.1, -0.05) is 60.2 Å². The highest BCUT2D eigenvalue weighted by Gasteiger charge is 2.14. The molecule has 0 saturated heterocycles. The molecule has 5 nitrogen and oxygen atoms in total. The van der Waals surface area contributed by atoms with E-state index in [9.17, 15) is 13.2 Å². The van der Waals surface area contributed by atoms with Gasteiger partial charge in [-0.2, -0.15) is 0 Å². The maximum Gasteiger partial charge on any atom is 0.257 e. The number of sulfonamides is 1. The maximum absolute atomic E-state index is 12.1. The van der Waals surface area contributed by atoms with Crippen molar-refractivity contribution in [2.24, 2.45) is 0 Å². The number of rotatable bonds is 5. The van der Waals surface area contributed by atoms with Gasteiger partial charge in [-0.15, -0.1) is 4.83 Å². The Labute approximate surface area is 146 Å². The van der Waals surface area contributed by atoms with E-state index in [2.05, 4.69) is 10.3 Å². The molecule has 6 heteroatoms. The van der Waals surface area contributed by atoms with E-state index in [1.807, 2.05) is 49.4 Å². The highest BCUT2D eigenvalue weighted by Crippen LogP contribution is 2.16. The SMILES string of the molecule is Cc1ccc(S(=O)(=O)NNC(=O)Cc2ccc3ccccc3c2)cc1. The number of hydrogen-bond acceptors (Lipinski definition) is 3. The minimum Gasteiger partial charge on any atom is -0.277 e. The van der Waals surface area contributed by atoms with Crippen LogP contribution in [-0.4, -0.2) is 14.3 Å². The Morgan fingerprint density at radius 1 is 0.920 bits per heavy atom. The van der Waals surface area contributed by atoms with Gasteiger partial charge >= 0.3 is 0 Å². The number of hydrazine groups is 1. The molecule has 25 heavy (non-hydrogen) atoms. The zero-order chi connectivity index (χ0) is 17.9. The molecule has 0 fully saturated rings. The van der Waals surface area contributed by atoms with Crippen LogP contribution in [0.15, 0.2) is 71.6 Å². The summed E-state index contributed by atoms with van der Waals surface area (Å²) in [7, 11) is -3.78. The third-order valence-electron chi connectivity index (χ3n) is 3.83. The van der Waals surface area contributed by atoms with E-state index in [1.54, 1.807) is 12.1 Å². The lowest BCUT2D eigenvalue weighted by atomic mass is 10.1. The van der Waals surface area contributed by atoms with Gasteiger partial charge in [0.25, 0.3) is 10.0 Å². The third kappa shape index (κ3) is 4.23. The molecule has 1 amide bonds. The molecule has 3 aromatic rings. The lowest BCUT2D eigenvalue weighted by molar-refractivity contribution is -0.120. The number of carbonyl (C=O) groups is 1. The number of amides is 1.